The summed E-state index contributed by atoms with van der Waals surface area (Å²) in [6.45, 7) is 6.65. The second-order valence-electron chi connectivity index (χ2n) is 4.67. The number of alkyl carbamates (subject to hydrolysis) is 1. The number of ether oxygens (including phenoxy) is 1. The predicted octanol–water partition coefficient (Wildman–Crippen LogP) is 0.703. The Labute approximate surface area is 95.1 Å². The first kappa shape index (κ1) is 14.7. The monoisotopic (exact) mass is 232 g/mol. The van der Waals surface area contributed by atoms with Gasteiger partial charge in [0.15, 0.2) is 0 Å². The van der Waals surface area contributed by atoms with Crippen molar-refractivity contribution in [1.82, 2.24) is 5.32 Å². The highest BCUT2D eigenvalue weighted by Crippen LogP contribution is 2.08. The van der Waals surface area contributed by atoms with Crippen LogP contribution in [-0.4, -0.2) is 34.9 Å². The highest BCUT2D eigenvalue weighted by Gasteiger charge is 2.32. The zero-order valence-corrected chi connectivity index (χ0v) is 10.2. The van der Waals surface area contributed by atoms with E-state index in [0.717, 1.165) is 0 Å². The molecule has 0 unspecified atom stereocenters. The van der Waals surface area contributed by atoms with Gasteiger partial charge in [0.25, 0.3) is 0 Å². The summed E-state index contributed by atoms with van der Waals surface area (Å²) in [4.78, 5) is 22.1. The summed E-state index contributed by atoms with van der Waals surface area (Å²) in [5, 5.41) is 11.2. The van der Waals surface area contributed by atoms with Crippen molar-refractivity contribution in [3.05, 3.63) is 0 Å². The number of amides is 1. The number of nitrogens with one attached hydrogen (secondary N) is 1. The van der Waals surface area contributed by atoms with E-state index in [1.54, 1.807) is 27.7 Å². The number of carboxylic acids is 1. The smallest absolute Gasteiger partial charge is 0.407 e. The van der Waals surface area contributed by atoms with Gasteiger partial charge < -0.3 is 20.9 Å². The number of carbonyl (C=O) groups excluding carboxylic acids is 1. The van der Waals surface area contributed by atoms with Crippen LogP contribution in [0, 0.1) is 0 Å². The Morgan fingerprint density at radius 3 is 2.19 bits per heavy atom. The van der Waals surface area contributed by atoms with Crippen molar-refractivity contribution < 1.29 is 19.4 Å². The summed E-state index contributed by atoms with van der Waals surface area (Å²) in [7, 11) is 0. The molecule has 0 saturated carbocycles. The highest BCUT2D eigenvalue weighted by molar-refractivity contribution is 5.79. The van der Waals surface area contributed by atoms with E-state index in [1.807, 2.05) is 0 Å². The third kappa shape index (κ3) is 4.97. The average molecular weight is 232 g/mol. The number of hydrogen-bond acceptors (Lipinski definition) is 4. The van der Waals surface area contributed by atoms with Gasteiger partial charge in [0.05, 0.1) is 0 Å². The number of nitrogens with two attached hydrogens (primary N) is 1. The van der Waals surface area contributed by atoms with Crippen molar-refractivity contribution in [2.24, 2.45) is 5.73 Å². The van der Waals surface area contributed by atoms with Crippen LogP contribution in [-0.2, 0) is 9.53 Å². The van der Waals surface area contributed by atoms with Gasteiger partial charge in [0.2, 0.25) is 0 Å². The first-order valence-electron chi connectivity index (χ1n) is 5.10. The maximum Gasteiger partial charge on any atom is 0.407 e. The minimum absolute atomic E-state index is 0.159. The third-order valence-corrected chi connectivity index (χ3v) is 2.00. The van der Waals surface area contributed by atoms with Crippen molar-refractivity contribution >= 4 is 12.1 Å². The molecule has 6 heteroatoms. The van der Waals surface area contributed by atoms with E-state index in [0.29, 0.717) is 0 Å². The lowest BCUT2D eigenvalue weighted by Gasteiger charge is -2.25. The lowest BCUT2D eigenvalue weighted by Crippen LogP contribution is -2.56. The minimum Gasteiger partial charge on any atom is -0.480 e. The summed E-state index contributed by atoms with van der Waals surface area (Å²) >= 11 is 0. The van der Waals surface area contributed by atoms with Gasteiger partial charge in [-0.25, -0.2) is 4.79 Å². The molecule has 0 aromatic carbocycles. The fourth-order valence-corrected chi connectivity index (χ4v) is 0.896. The molecule has 0 rings (SSSR count). The molecule has 1 atom stereocenters. The van der Waals surface area contributed by atoms with Gasteiger partial charge in [-0.3, -0.25) is 4.79 Å². The molecule has 6 nitrogen and oxygen atoms in total. The molecule has 0 spiro atoms. The first-order chi connectivity index (χ1) is 7.10. The van der Waals surface area contributed by atoms with E-state index in [-0.39, 0.29) is 13.0 Å². The van der Waals surface area contributed by atoms with Crippen LogP contribution in [0.1, 0.15) is 34.1 Å². The Hall–Kier alpha value is -1.30. The van der Waals surface area contributed by atoms with Gasteiger partial charge in [0, 0.05) is 6.54 Å². The van der Waals surface area contributed by atoms with Crippen LogP contribution in [0.5, 0.6) is 0 Å². The van der Waals surface area contributed by atoms with E-state index < -0.39 is 23.2 Å². The summed E-state index contributed by atoms with van der Waals surface area (Å²) < 4.78 is 4.96. The predicted molar refractivity (Wildman–Crippen MR) is 59.1 cm³/mol. The van der Waals surface area contributed by atoms with Crippen molar-refractivity contribution in [1.29, 1.82) is 0 Å². The van der Waals surface area contributed by atoms with E-state index in [4.69, 9.17) is 15.6 Å². The Bertz CT molecular complexity index is 272. The second kappa shape index (κ2) is 5.16. The molecule has 0 aliphatic heterocycles. The maximum atomic E-state index is 11.3. The van der Waals surface area contributed by atoms with Crippen LogP contribution >= 0.6 is 0 Å². The molecule has 0 aliphatic carbocycles. The molecule has 0 saturated heterocycles. The molecular formula is C10H20N2O4. The van der Waals surface area contributed by atoms with E-state index in [1.165, 1.54) is 0 Å². The van der Waals surface area contributed by atoms with Crippen molar-refractivity contribution in [2.75, 3.05) is 6.54 Å². The molecule has 4 N–H and O–H groups in total. The second-order valence-corrected chi connectivity index (χ2v) is 4.67. The molecule has 0 radical (unpaired) electrons. The fraction of sp³-hybridized carbons (Fsp3) is 0.800. The zero-order chi connectivity index (χ0) is 13.0. The first-order valence-corrected chi connectivity index (χ1v) is 5.10. The topological polar surface area (TPSA) is 102 Å². The minimum atomic E-state index is -1.45. The Kier molecular flexibility index (Phi) is 4.74. The van der Waals surface area contributed by atoms with E-state index in [2.05, 4.69) is 5.32 Å². The largest absolute Gasteiger partial charge is 0.480 e. The van der Waals surface area contributed by atoms with Crippen LogP contribution in [0.25, 0.3) is 0 Å². The third-order valence-electron chi connectivity index (χ3n) is 2.00. The lowest BCUT2D eigenvalue weighted by atomic mass is 9.98. The summed E-state index contributed by atoms with van der Waals surface area (Å²) in [5.41, 5.74) is 3.52. The molecule has 0 aliphatic rings. The van der Waals surface area contributed by atoms with E-state index >= 15 is 0 Å². The zero-order valence-electron chi connectivity index (χ0n) is 10.2. The summed E-state index contributed by atoms with van der Waals surface area (Å²) in [5.74, 6) is -1.15. The lowest BCUT2D eigenvalue weighted by molar-refractivity contribution is -0.143. The van der Waals surface area contributed by atoms with Crippen LogP contribution in [0.2, 0.25) is 0 Å². The highest BCUT2D eigenvalue weighted by atomic mass is 16.6. The molecule has 94 valence electrons. The maximum absolute atomic E-state index is 11.3. The van der Waals surface area contributed by atoms with Crippen molar-refractivity contribution in [3.63, 3.8) is 0 Å². The molecule has 0 heterocycles. The molecule has 0 bridgehead atoms. The summed E-state index contributed by atoms with van der Waals surface area (Å²) in [6.07, 6.45) is -0.449. The van der Waals surface area contributed by atoms with Crippen LogP contribution in [0.4, 0.5) is 4.79 Å². The van der Waals surface area contributed by atoms with Crippen LogP contribution in [0.15, 0.2) is 0 Å². The van der Waals surface area contributed by atoms with Gasteiger partial charge >= 0.3 is 12.1 Å². The number of carbonyl (C=O) groups is 2. The van der Waals surface area contributed by atoms with Gasteiger partial charge in [-0.15, -0.1) is 0 Å². The fourth-order valence-electron chi connectivity index (χ4n) is 0.896. The molecule has 0 aromatic rings. The van der Waals surface area contributed by atoms with Gasteiger partial charge in [-0.2, -0.15) is 0 Å². The van der Waals surface area contributed by atoms with Gasteiger partial charge in [-0.1, -0.05) is 6.92 Å². The Morgan fingerprint density at radius 2 is 1.88 bits per heavy atom. The van der Waals surface area contributed by atoms with Crippen LogP contribution in [0.3, 0.4) is 0 Å². The quantitative estimate of drug-likeness (QED) is 0.662. The standard InChI is InChI=1S/C10H20N2O4/c1-5-10(11,7(13)14)6-12-8(15)16-9(2,3)4/h5-6,11H2,1-4H3,(H,12,15)(H,13,14)/t10-/m0/s1. The molecule has 16 heavy (non-hydrogen) atoms. The van der Waals surface area contributed by atoms with Crippen molar-refractivity contribution in [2.45, 2.75) is 45.3 Å². The SMILES string of the molecule is CC[C@](N)(CNC(=O)OC(C)(C)C)C(=O)O. The van der Waals surface area contributed by atoms with Gasteiger partial charge in [0.1, 0.15) is 11.1 Å². The van der Waals surface area contributed by atoms with Crippen molar-refractivity contribution in [3.8, 4) is 0 Å². The number of hydrogen-bond donors (Lipinski definition) is 3. The Balaban J connectivity index is 4.24. The molecular weight excluding hydrogens is 212 g/mol. The Morgan fingerprint density at radius 1 is 1.38 bits per heavy atom. The molecule has 0 fully saturated rings. The normalized spacial score (nSPS) is 15.1. The number of rotatable bonds is 4. The molecule has 1 amide bonds. The van der Waals surface area contributed by atoms with E-state index in [9.17, 15) is 9.59 Å². The molecule has 0 aromatic heterocycles. The summed E-state index contributed by atoms with van der Waals surface area (Å²) in [6, 6.07) is 0. The average Bonchev–Trinajstić information content (AvgIpc) is 2.11. The van der Waals surface area contributed by atoms with Gasteiger partial charge in [-0.05, 0) is 27.2 Å². The van der Waals surface area contributed by atoms with Crippen LogP contribution < -0.4 is 11.1 Å². The number of aliphatic carboxylic acids is 1. The number of carboxylic acid groups (broad SMARTS) is 1.